The summed E-state index contributed by atoms with van der Waals surface area (Å²) in [6, 6.07) is 6.96. The number of rotatable bonds is 5. The van der Waals surface area contributed by atoms with Gasteiger partial charge in [-0.3, -0.25) is 4.98 Å². The van der Waals surface area contributed by atoms with E-state index in [0.717, 1.165) is 23.1 Å². The van der Waals surface area contributed by atoms with Crippen LogP contribution in [0.4, 0.5) is 0 Å². The van der Waals surface area contributed by atoms with Crippen molar-refractivity contribution in [1.82, 2.24) is 4.98 Å². The molecule has 0 aliphatic rings. The molecule has 4 heteroatoms. The third kappa shape index (κ3) is 3.15. The predicted molar refractivity (Wildman–Crippen MR) is 77.2 cm³/mol. The molecule has 0 fully saturated rings. The molecule has 1 aromatic carbocycles. The van der Waals surface area contributed by atoms with Crippen LogP contribution in [0.15, 0.2) is 36.7 Å². The van der Waals surface area contributed by atoms with Crippen molar-refractivity contribution in [2.24, 2.45) is 0 Å². The Morgan fingerprint density at radius 1 is 1.30 bits per heavy atom. The molecule has 0 amide bonds. The molecule has 20 heavy (non-hydrogen) atoms. The summed E-state index contributed by atoms with van der Waals surface area (Å²) in [6.07, 6.45) is 4.31. The number of carboxylic acids is 1. The number of benzene rings is 1. The molecule has 104 valence electrons. The maximum Gasteiger partial charge on any atom is 0.335 e. The van der Waals surface area contributed by atoms with Gasteiger partial charge in [0.05, 0.1) is 18.4 Å². The van der Waals surface area contributed by atoms with Crippen molar-refractivity contribution in [3.8, 4) is 16.9 Å². The van der Waals surface area contributed by atoms with E-state index in [2.05, 4.69) is 4.98 Å². The fourth-order valence-electron chi connectivity index (χ4n) is 1.93. The van der Waals surface area contributed by atoms with Crippen LogP contribution >= 0.6 is 0 Å². The molecule has 0 spiro atoms. The number of aryl methyl sites for hydroxylation is 1. The third-order valence-corrected chi connectivity index (χ3v) is 2.98. The smallest absolute Gasteiger partial charge is 0.335 e. The van der Waals surface area contributed by atoms with Crippen LogP contribution in [-0.4, -0.2) is 22.7 Å². The second-order valence-electron chi connectivity index (χ2n) is 4.59. The quantitative estimate of drug-likeness (QED) is 0.903. The summed E-state index contributed by atoms with van der Waals surface area (Å²) in [7, 11) is 0. The molecule has 4 nitrogen and oxygen atoms in total. The minimum atomic E-state index is -0.933. The molecular formula is C16H17NO3. The number of carbonyl (C=O) groups is 1. The molecule has 0 saturated carbocycles. The van der Waals surface area contributed by atoms with Crippen LogP contribution in [0.1, 0.15) is 29.3 Å². The zero-order chi connectivity index (χ0) is 14.5. The number of nitrogens with zero attached hydrogens (tertiary/aromatic N) is 1. The highest BCUT2D eigenvalue weighted by atomic mass is 16.5. The molecule has 1 N–H and O–H groups in total. The maximum absolute atomic E-state index is 11.1. The van der Waals surface area contributed by atoms with Crippen molar-refractivity contribution in [3.63, 3.8) is 0 Å². The molecule has 0 atom stereocenters. The molecule has 0 saturated heterocycles. The highest BCUT2D eigenvalue weighted by Crippen LogP contribution is 2.27. The van der Waals surface area contributed by atoms with Gasteiger partial charge in [0.15, 0.2) is 0 Å². The van der Waals surface area contributed by atoms with Crippen molar-refractivity contribution >= 4 is 5.97 Å². The van der Waals surface area contributed by atoms with Crippen molar-refractivity contribution in [2.45, 2.75) is 20.3 Å². The van der Waals surface area contributed by atoms with Crippen LogP contribution in [-0.2, 0) is 0 Å². The largest absolute Gasteiger partial charge is 0.492 e. The first-order valence-electron chi connectivity index (χ1n) is 6.54. The van der Waals surface area contributed by atoms with Crippen LogP contribution in [0.3, 0.4) is 0 Å². The number of hydrogen-bond donors (Lipinski definition) is 1. The number of aromatic carboxylic acids is 1. The lowest BCUT2D eigenvalue weighted by atomic mass is 9.99. The van der Waals surface area contributed by atoms with E-state index in [0.29, 0.717) is 12.4 Å². The lowest BCUT2D eigenvalue weighted by Gasteiger charge is -2.09. The van der Waals surface area contributed by atoms with Gasteiger partial charge in [-0.05, 0) is 42.7 Å². The van der Waals surface area contributed by atoms with Crippen molar-refractivity contribution < 1.29 is 14.6 Å². The zero-order valence-electron chi connectivity index (χ0n) is 11.6. The van der Waals surface area contributed by atoms with Crippen molar-refractivity contribution in [3.05, 3.63) is 47.8 Å². The highest BCUT2D eigenvalue weighted by molar-refractivity contribution is 5.90. The molecule has 0 unspecified atom stereocenters. The van der Waals surface area contributed by atoms with Crippen LogP contribution in [0.5, 0.6) is 5.75 Å². The maximum atomic E-state index is 11.1. The number of pyridine rings is 1. The Bertz CT molecular complexity index is 623. The summed E-state index contributed by atoms with van der Waals surface area (Å²) < 4.78 is 5.56. The lowest BCUT2D eigenvalue weighted by molar-refractivity contribution is 0.0697. The van der Waals surface area contributed by atoms with Gasteiger partial charge in [-0.2, -0.15) is 0 Å². The van der Waals surface area contributed by atoms with Gasteiger partial charge in [-0.25, -0.2) is 4.79 Å². The Morgan fingerprint density at radius 2 is 2.10 bits per heavy atom. The first-order valence-corrected chi connectivity index (χ1v) is 6.54. The van der Waals surface area contributed by atoms with Crippen molar-refractivity contribution in [2.75, 3.05) is 6.61 Å². The summed E-state index contributed by atoms with van der Waals surface area (Å²) in [4.78, 5) is 15.2. The van der Waals surface area contributed by atoms with E-state index in [1.807, 2.05) is 19.9 Å². The first-order chi connectivity index (χ1) is 9.61. The Balaban J connectivity index is 2.40. The average Bonchev–Trinajstić information content (AvgIpc) is 2.45. The van der Waals surface area contributed by atoms with E-state index in [1.165, 1.54) is 0 Å². The van der Waals surface area contributed by atoms with E-state index in [1.54, 1.807) is 30.6 Å². The van der Waals surface area contributed by atoms with Gasteiger partial charge in [0.2, 0.25) is 0 Å². The highest BCUT2D eigenvalue weighted by Gasteiger charge is 2.09. The zero-order valence-corrected chi connectivity index (χ0v) is 11.6. The van der Waals surface area contributed by atoms with Gasteiger partial charge in [0.1, 0.15) is 5.75 Å². The standard InChI is InChI=1S/C16H17NO3/c1-3-6-20-14-7-13(9-17-10-14)15-8-12(16(18)19)5-4-11(15)2/h4-5,7-10H,3,6H2,1-2H3,(H,18,19). The Kier molecular flexibility index (Phi) is 4.35. The normalized spacial score (nSPS) is 10.3. The molecule has 2 aromatic rings. The Morgan fingerprint density at radius 3 is 2.80 bits per heavy atom. The summed E-state index contributed by atoms with van der Waals surface area (Å²) in [5, 5.41) is 9.08. The minimum Gasteiger partial charge on any atom is -0.492 e. The predicted octanol–water partition coefficient (Wildman–Crippen LogP) is 3.54. The van der Waals surface area contributed by atoms with E-state index < -0.39 is 5.97 Å². The Hall–Kier alpha value is -2.36. The monoisotopic (exact) mass is 271 g/mol. The number of hydrogen-bond acceptors (Lipinski definition) is 3. The van der Waals surface area contributed by atoms with Crippen LogP contribution in [0, 0.1) is 6.92 Å². The van der Waals surface area contributed by atoms with E-state index in [9.17, 15) is 4.79 Å². The number of carboxylic acid groups (broad SMARTS) is 1. The second-order valence-corrected chi connectivity index (χ2v) is 4.59. The van der Waals surface area contributed by atoms with Crippen LogP contribution in [0.2, 0.25) is 0 Å². The fraction of sp³-hybridized carbons (Fsp3) is 0.250. The van der Waals surface area contributed by atoms with Gasteiger partial charge in [0, 0.05) is 11.8 Å². The molecule has 1 heterocycles. The molecule has 0 aliphatic carbocycles. The topological polar surface area (TPSA) is 59.4 Å². The van der Waals surface area contributed by atoms with Gasteiger partial charge in [-0.1, -0.05) is 13.0 Å². The molecular weight excluding hydrogens is 254 g/mol. The first kappa shape index (κ1) is 14.1. The minimum absolute atomic E-state index is 0.269. The van der Waals surface area contributed by atoms with E-state index >= 15 is 0 Å². The van der Waals surface area contributed by atoms with E-state index in [4.69, 9.17) is 9.84 Å². The van der Waals surface area contributed by atoms with Gasteiger partial charge >= 0.3 is 5.97 Å². The lowest BCUT2D eigenvalue weighted by Crippen LogP contribution is -1.98. The Labute approximate surface area is 118 Å². The molecule has 0 aliphatic heterocycles. The summed E-state index contributed by atoms with van der Waals surface area (Å²) >= 11 is 0. The van der Waals surface area contributed by atoms with Crippen molar-refractivity contribution in [1.29, 1.82) is 0 Å². The van der Waals surface area contributed by atoms with E-state index in [-0.39, 0.29) is 5.56 Å². The summed E-state index contributed by atoms with van der Waals surface area (Å²) in [5.74, 6) is -0.234. The third-order valence-electron chi connectivity index (χ3n) is 2.98. The second kappa shape index (κ2) is 6.19. The summed E-state index contributed by atoms with van der Waals surface area (Å²) in [5.41, 5.74) is 2.99. The molecule has 0 bridgehead atoms. The molecule has 0 radical (unpaired) electrons. The number of ether oxygens (including phenoxy) is 1. The number of aromatic nitrogens is 1. The fourth-order valence-corrected chi connectivity index (χ4v) is 1.93. The van der Waals surface area contributed by atoms with Crippen LogP contribution in [0.25, 0.3) is 11.1 Å². The van der Waals surface area contributed by atoms with Crippen LogP contribution < -0.4 is 4.74 Å². The van der Waals surface area contributed by atoms with Gasteiger partial charge in [0.25, 0.3) is 0 Å². The van der Waals surface area contributed by atoms with Gasteiger partial charge < -0.3 is 9.84 Å². The molecule has 1 aromatic heterocycles. The van der Waals surface area contributed by atoms with Gasteiger partial charge in [-0.15, -0.1) is 0 Å². The SMILES string of the molecule is CCCOc1cncc(-c2cc(C(=O)O)ccc2C)c1. The average molecular weight is 271 g/mol. The molecule has 2 rings (SSSR count). The summed E-state index contributed by atoms with van der Waals surface area (Å²) in [6.45, 7) is 4.62.